The zero-order chi connectivity index (χ0) is 20.5. The predicted molar refractivity (Wildman–Crippen MR) is 117 cm³/mol. The van der Waals surface area contributed by atoms with Crippen molar-refractivity contribution >= 4 is 11.6 Å². The largest absolute Gasteiger partial charge is 0.494 e. The number of carbonyl (C=O) groups excluding carboxylic acids is 1. The lowest BCUT2D eigenvalue weighted by Gasteiger charge is -2.15. The average molecular weight is 389 g/mol. The molecule has 0 heterocycles. The van der Waals surface area contributed by atoms with Gasteiger partial charge in [-0.05, 0) is 60.9 Å². The number of unbranched alkanes of at least 4 members (excludes halogenated alkanes) is 1. The molecule has 0 aliphatic carbocycles. The van der Waals surface area contributed by atoms with Crippen LogP contribution in [0.2, 0.25) is 0 Å². The van der Waals surface area contributed by atoms with Gasteiger partial charge in [0.05, 0.1) is 6.61 Å². The number of amides is 1. The fraction of sp³-hybridized carbons (Fsp3) is 0.240. The summed E-state index contributed by atoms with van der Waals surface area (Å²) in [6.07, 6.45) is 1.51. The Morgan fingerprint density at radius 3 is 2.14 bits per heavy atom. The van der Waals surface area contributed by atoms with Crippen molar-refractivity contribution in [1.29, 1.82) is 0 Å². The van der Waals surface area contributed by atoms with Gasteiger partial charge in [-0.25, -0.2) is 0 Å². The molecule has 0 aliphatic rings. The summed E-state index contributed by atoms with van der Waals surface area (Å²) in [5.41, 5.74) is 2.97. The number of hydrogen-bond acceptors (Lipinski definition) is 3. The van der Waals surface area contributed by atoms with Crippen LogP contribution in [0.15, 0.2) is 78.9 Å². The quantitative estimate of drug-likeness (QED) is 0.461. The molecule has 4 heteroatoms. The second-order valence-electron chi connectivity index (χ2n) is 6.87. The topological polar surface area (TPSA) is 47.6 Å². The van der Waals surface area contributed by atoms with Gasteiger partial charge in [-0.2, -0.15) is 0 Å². The van der Waals surface area contributed by atoms with Gasteiger partial charge >= 0.3 is 0 Å². The lowest BCUT2D eigenvalue weighted by Crippen LogP contribution is -2.30. The third kappa shape index (κ3) is 6.11. The third-order valence-electron chi connectivity index (χ3n) is 4.53. The SMILES string of the molecule is CCCCOc1ccc(NC(=O)C(C)Oc2ccc(-c3ccccc3)cc2)cc1. The van der Waals surface area contributed by atoms with Crippen LogP contribution in [0, 0.1) is 0 Å². The number of nitrogens with one attached hydrogen (secondary N) is 1. The lowest BCUT2D eigenvalue weighted by molar-refractivity contribution is -0.122. The first-order valence-electron chi connectivity index (χ1n) is 10.0. The summed E-state index contributed by atoms with van der Waals surface area (Å²) in [7, 11) is 0. The monoisotopic (exact) mass is 389 g/mol. The van der Waals surface area contributed by atoms with Crippen molar-refractivity contribution in [2.75, 3.05) is 11.9 Å². The maximum absolute atomic E-state index is 12.4. The number of hydrogen-bond donors (Lipinski definition) is 1. The minimum absolute atomic E-state index is 0.197. The average Bonchev–Trinajstić information content (AvgIpc) is 2.76. The molecule has 29 heavy (non-hydrogen) atoms. The van der Waals surface area contributed by atoms with Crippen molar-refractivity contribution in [3.63, 3.8) is 0 Å². The van der Waals surface area contributed by atoms with Crippen LogP contribution >= 0.6 is 0 Å². The molecule has 0 saturated carbocycles. The summed E-state index contributed by atoms with van der Waals surface area (Å²) in [6.45, 7) is 4.57. The second kappa shape index (κ2) is 10.3. The summed E-state index contributed by atoms with van der Waals surface area (Å²) in [6, 6.07) is 25.3. The van der Waals surface area contributed by atoms with E-state index in [2.05, 4.69) is 24.4 Å². The van der Waals surface area contributed by atoms with Gasteiger partial charge in [-0.1, -0.05) is 55.8 Å². The van der Waals surface area contributed by atoms with Gasteiger partial charge in [0.1, 0.15) is 11.5 Å². The molecule has 1 atom stereocenters. The first kappa shape index (κ1) is 20.5. The summed E-state index contributed by atoms with van der Waals surface area (Å²) < 4.78 is 11.4. The molecule has 3 rings (SSSR count). The maximum atomic E-state index is 12.4. The predicted octanol–water partition coefficient (Wildman–Crippen LogP) is 5.94. The normalized spacial score (nSPS) is 11.5. The Morgan fingerprint density at radius 1 is 0.862 bits per heavy atom. The Bertz CT molecular complexity index is 890. The van der Waals surface area contributed by atoms with E-state index in [0.29, 0.717) is 18.0 Å². The fourth-order valence-electron chi connectivity index (χ4n) is 2.83. The molecule has 0 aromatic heterocycles. The first-order valence-corrected chi connectivity index (χ1v) is 10.0. The van der Waals surface area contributed by atoms with Crippen LogP contribution in [0.25, 0.3) is 11.1 Å². The smallest absolute Gasteiger partial charge is 0.265 e. The van der Waals surface area contributed by atoms with Gasteiger partial charge in [0.2, 0.25) is 0 Å². The van der Waals surface area contributed by atoms with Crippen LogP contribution in [-0.2, 0) is 4.79 Å². The van der Waals surface area contributed by atoms with E-state index in [4.69, 9.17) is 9.47 Å². The Morgan fingerprint density at radius 2 is 1.48 bits per heavy atom. The molecule has 4 nitrogen and oxygen atoms in total. The van der Waals surface area contributed by atoms with Gasteiger partial charge in [-0.3, -0.25) is 4.79 Å². The molecule has 3 aromatic rings. The van der Waals surface area contributed by atoms with Gasteiger partial charge in [-0.15, -0.1) is 0 Å². The second-order valence-corrected chi connectivity index (χ2v) is 6.87. The van der Waals surface area contributed by atoms with Crippen LogP contribution in [0.1, 0.15) is 26.7 Å². The minimum atomic E-state index is -0.613. The van der Waals surface area contributed by atoms with Gasteiger partial charge in [0, 0.05) is 5.69 Å². The number of carbonyl (C=O) groups is 1. The lowest BCUT2D eigenvalue weighted by atomic mass is 10.1. The molecule has 1 amide bonds. The van der Waals surface area contributed by atoms with Gasteiger partial charge < -0.3 is 14.8 Å². The Kier molecular flexibility index (Phi) is 7.28. The van der Waals surface area contributed by atoms with E-state index < -0.39 is 6.10 Å². The molecule has 1 N–H and O–H groups in total. The number of anilines is 1. The number of benzene rings is 3. The highest BCUT2D eigenvalue weighted by molar-refractivity contribution is 5.94. The van der Waals surface area contributed by atoms with E-state index in [0.717, 1.165) is 29.7 Å². The Balaban J connectivity index is 1.52. The number of rotatable bonds is 9. The van der Waals surface area contributed by atoms with E-state index in [-0.39, 0.29) is 5.91 Å². The van der Waals surface area contributed by atoms with Crippen LogP contribution < -0.4 is 14.8 Å². The Labute approximate surface area is 172 Å². The maximum Gasteiger partial charge on any atom is 0.265 e. The van der Waals surface area contributed by atoms with E-state index in [1.807, 2.05) is 66.7 Å². The summed E-state index contributed by atoms with van der Waals surface area (Å²) >= 11 is 0. The summed E-state index contributed by atoms with van der Waals surface area (Å²) in [5, 5.41) is 2.87. The Hall–Kier alpha value is -3.27. The van der Waals surface area contributed by atoms with E-state index in [1.165, 1.54) is 0 Å². The summed E-state index contributed by atoms with van der Waals surface area (Å²) in [4.78, 5) is 12.4. The van der Waals surface area contributed by atoms with Gasteiger partial charge in [0.25, 0.3) is 5.91 Å². The molecule has 1 unspecified atom stereocenters. The molecule has 0 spiro atoms. The van der Waals surface area contributed by atoms with E-state index in [1.54, 1.807) is 6.92 Å². The molecule has 3 aromatic carbocycles. The minimum Gasteiger partial charge on any atom is -0.494 e. The molecule has 0 fully saturated rings. The van der Waals surface area contributed by atoms with Crippen LogP contribution in [0.4, 0.5) is 5.69 Å². The number of ether oxygens (including phenoxy) is 2. The van der Waals surface area contributed by atoms with E-state index >= 15 is 0 Å². The van der Waals surface area contributed by atoms with Crippen molar-refractivity contribution in [1.82, 2.24) is 0 Å². The van der Waals surface area contributed by atoms with Crippen molar-refractivity contribution in [3.05, 3.63) is 78.9 Å². The molecule has 0 saturated heterocycles. The van der Waals surface area contributed by atoms with Crippen LogP contribution in [0.3, 0.4) is 0 Å². The zero-order valence-electron chi connectivity index (χ0n) is 16.9. The van der Waals surface area contributed by atoms with E-state index in [9.17, 15) is 4.79 Å². The molecule has 150 valence electrons. The van der Waals surface area contributed by atoms with Gasteiger partial charge in [0.15, 0.2) is 6.10 Å². The van der Waals surface area contributed by atoms with Crippen molar-refractivity contribution < 1.29 is 14.3 Å². The van der Waals surface area contributed by atoms with Crippen molar-refractivity contribution in [3.8, 4) is 22.6 Å². The first-order chi connectivity index (χ1) is 14.2. The molecular weight excluding hydrogens is 362 g/mol. The third-order valence-corrected chi connectivity index (χ3v) is 4.53. The highest BCUT2D eigenvalue weighted by atomic mass is 16.5. The van der Waals surface area contributed by atoms with Crippen LogP contribution in [0.5, 0.6) is 11.5 Å². The zero-order valence-corrected chi connectivity index (χ0v) is 16.9. The molecule has 0 bridgehead atoms. The van der Waals surface area contributed by atoms with Crippen LogP contribution in [-0.4, -0.2) is 18.6 Å². The van der Waals surface area contributed by atoms with Crippen molar-refractivity contribution in [2.24, 2.45) is 0 Å². The standard InChI is InChI=1S/C25H27NO3/c1-3-4-18-28-23-16-12-22(13-17-23)26-25(27)19(2)29-24-14-10-21(11-15-24)20-8-6-5-7-9-20/h5-17,19H,3-4,18H2,1-2H3,(H,26,27). The molecule has 0 aliphatic heterocycles. The highest BCUT2D eigenvalue weighted by Crippen LogP contribution is 2.23. The molecule has 0 radical (unpaired) electrons. The fourth-order valence-corrected chi connectivity index (χ4v) is 2.83. The summed E-state index contributed by atoms with van der Waals surface area (Å²) in [5.74, 6) is 1.27. The van der Waals surface area contributed by atoms with Crippen molar-refractivity contribution in [2.45, 2.75) is 32.8 Å². The molecular formula is C25H27NO3. The highest BCUT2D eigenvalue weighted by Gasteiger charge is 2.15.